The number of ether oxygens (including phenoxy) is 1. The number of nitrogens with one attached hydrogen (secondary N) is 1. The van der Waals surface area contributed by atoms with Crippen molar-refractivity contribution in [2.45, 2.75) is 32.9 Å². The fourth-order valence-electron chi connectivity index (χ4n) is 1.93. The molecule has 2 rings (SSSR count). The van der Waals surface area contributed by atoms with Crippen LogP contribution in [0.5, 0.6) is 0 Å². The summed E-state index contributed by atoms with van der Waals surface area (Å²) in [6, 6.07) is 10.6. The first-order chi connectivity index (χ1) is 8.61. The fourth-order valence-corrected chi connectivity index (χ4v) is 1.93. The molecule has 0 amide bonds. The van der Waals surface area contributed by atoms with E-state index in [-0.39, 0.29) is 12.1 Å². The lowest BCUT2D eigenvalue weighted by molar-refractivity contribution is 0.106. The Morgan fingerprint density at radius 2 is 1.94 bits per heavy atom. The highest BCUT2D eigenvalue weighted by molar-refractivity contribution is 5.90. The van der Waals surface area contributed by atoms with Crippen molar-refractivity contribution in [3.8, 4) is 0 Å². The van der Waals surface area contributed by atoms with Crippen molar-refractivity contribution in [1.29, 1.82) is 0 Å². The molecule has 0 aliphatic heterocycles. The number of aromatic nitrogens is 1. The molecule has 18 heavy (non-hydrogen) atoms. The van der Waals surface area contributed by atoms with E-state index in [0.717, 1.165) is 22.3 Å². The number of methoxy groups -OCH3 is 1. The third-order valence-corrected chi connectivity index (χ3v) is 3.32. The van der Waals surface area contributed by atoms with Crippen molar-refractivity contribution < 1.29 is 4.74 Å². The van der Waals surface area contributed by atoms with Crippen molar-refractivity contribution in [1.82, 2.24) is 4.98 Å². The predicted octanol–water partition coefficient (Wildman–Crippen LogP) is 3.38. The minimum absolute atomic E-state index is 0.157. The van der Waals surface area contributed by atoms with E-state index in [1.54, 1.807) is 7.11 Å². The Morgan fingerprint density at radius 1 is 1.17 bits per heavy atom. The van der Waals surface area contributed by atoms with Crippen LogP contribution in [-0.2, 0) is 4.74 Å². The summed E-state index contributed by atoms with van der Waals surface area (Å²) in [5, 5.41) is 4.63. The molecule has 0 spiro atoms. The molecule has 1 heterocycles. The monoisotopic (exact) mass is 244 g/mol. The van der Waals surface area contributed by atoms with Crippen LogP contribution in [0.4, 0.5) is 5.69 Å². The number of pyridine rings is 1. The molecule has 0 fully saturated rings. The molecule has 96 valence electrons. The van der Waals surface area contributed by atoms with Crippen molar-refractivity contribution in [2.75, 3.05) is 12.4 Å². The molecule has 0 saturated carbocycles. The zero-order chi connectivity index (χ0) is 13.1. The normalized spacial score (nSPS) is 14.4. The summed E-state index contributed by atoms with van der Waals surface area (Å²) in [5.41, 5.74) is 3.12. The Labute approximate surface area is 108 Å². The van der Waals surface area contributed by atoms with Crippen LogP contribution in [0, 0.1) is 6.92 Å². The van der Waals surface area contributed by atoms with E-state index < -0.39 is 0 Å². The second-order valence-electron chi connectivity index (χ2n) is 4.70. The van der Waals surface area contributed by atoms with Crippen molar-refractivity contribution in [3.63, 3.8) is 0 Å². The molecule has 1 N–H and O–H groups in total. The molecule has 3 heteroatoms. The highest BCUT2D eigenvalue weighted by Gasteiger charge is 2.12. The van der Waals surface area contributed by atoms with Crippen LogP contribution >= 0.6 is 0 Å². The topological polar surface area (TPSA) is 34.1 Å². The van der Waals surface area contributed by atoms with Gasteiger partial charge in [0.15, 0.2) is 0 Å². The highest BCUT2D eigenvalue weighted by Crippen LogP contribution is 2.23. The molecule has 0 radical (unpaired) electrons. The number of nitrogens with zero attached hydrogens (tertiary/aromatic N) is 1. The van der Waals surface area contributed by atoms with Crippen LogP contribution < -0.4 is 5.32 Å². The van der Waals surface area contributed by atoms with Crippen LogP contribution in [-0.4, -0.2) is 24.2 Å². The summed E-state index contributed by atoms with van der Waals surface area (Å²) in [6.45, 7) is 6.18. The van der Waals surface area contributed by atoms with Gasteiger partial charge in [0.05, 0.1) is 17.3 Å². The summed E-state index contributed by atoms with van der Waals surface area (Å²) in [7, 11) is 1.73. The summed E-state index contributed by atoms with van der Waals surface area (Å²) in [6.07, 6.45) is 0.157. The second kappa shape index (κ2) is 5.36. The van der Waals surface area contributed by atoms with E-state index in [1.165, 1.54) is 0 Å². The number of hydrogen-bond acceptors (Lipinski definition) is 3. The summed E-state index contributed by atoms with van der Waals surface area (Å²) >= 11 is 0. The molecular formula is C15H20N2O. The molecule has 1 aromatic carbocycles. The van der Waals surface area contributed by atoms with Gasteiger partial charge in [0, 0.05) is 24.2 Å². The molecule has 2 atom stereocenters. The minimum atomic E-state index is 0.157. The number of benzene rings is 1. The Balaban J connectivity index is 2.35. The lowest BCUT2D eigenvalue weighted by Crippen LogP contribution is -2.29. The lowest BCUT2D eigenvalue weighted by atomic mass is 10.1. The van der Waals surface area contributed by atoms with Crippen LogP contribution in [0.1, 0.15) is 19.5 Å². The second-order valence-corrected chi connectivity index (χ2v) is 4.70. The van der Waals surface area contributed by atoms with Gasteiger partial charge in [0.2, 0.25) is 0 Å². The van der Waals surface area contributed by atoms with Gasteiger partial charge < -0.3 is 10.1 Å². The van der Waals surface area contributed by atoms with E-state index in [0.29, 0.717) is 0 Å². The molecule has 1 aromatic heterocycles. The van der Waals surface area contributed by atoms with Gasteiger partial charge >= 0.3 is 0 Å². The number of fused-ring (bicyclic) bond motifs is 1. The third kappa shape index (κ3) is 2.62. The van der Waals surface area contributed by atoms with E-state index in [4.69, 9.17) is 4.74 Å². The van der Waals surface area contributed by atoms with E-state index >= 15 is 0 Å². The number of aryl methyl sites for hydroxylation is 1. The molecule has 0 bridgehead atoms. The van der Waals surface area contributed by atoms with Crippen LogP contribution in [0.3, 0.4) is 0 Å². The number of hydrogen-bond donors (Lipinski definition) is 1. The molecule has 0 aliphatic carbocycles. The Hall–Kier alpha value is -1.61. The first-order valence-electron chi connectivity index (χ1n) is 6.27. The zero-order valence-corrected chi connectivity index (χ0v) is 11.4. The molecule has 0 aliphatic rings. The summed E-state index contributed by atoms with van der Waals surface area (Å²) < 4.78 is 5.34. The van der Waals surface area contributed by atoms with Crippen molar-refractivity contribution in [3.05, 3.63) is 36.0 Å². The van der Waals surface area contributed by atoms with Gasteiger partial charge in [-0.15, -0.1) is 0 Å². The van der Waals surface area contributed by atoms with Crippen LogP contribution in [0.15, 0.2) is 30.3 Å². The minimum Gasteiger partial charge on any atom is -0.380 e. The van der Waals surface area contributed by atoms with E-state index in [9.17, 15) is 0 Å². The van der Waals surface area contributed by atoms with Crippen molar-refractivity contribution in [2.24, 2.45) is 0 Å². The predicted molar refractivity (Wildman–Crippen MR) is 76.0 cm³/mol. The quantitative estimate of drug-likeness (QED) is 0.895. The van der Waals surface area contributed by atoms with Gasteiger partial charge in [0.1, 0.15) is 0 Å². The lowest BCUT2D eigenvalue weighted by Gasteiger charge is -2.21. The molecule has 0 saturated heterocycles. The largest absolute Gasteiger partial charge is 0.380 e. The average Bonchev–Trinajstić information content (AvgIpc) is 2.38. The SMILES string of the molecule is COC(C)C(C)Nc1cccc2ccc(C)nc12. The number of rotatable bonds is 4. The summed E-state index contributed by atoms with van der Waals surface area (Å²) in [4.78, 5) is 4.61. The zero-order valence-electron chi connectivity index (χ0n) is 11.4. The highest BCUT2D eigenvalue weighted by atomic mass is 16.5. The maximum Gasteiger partial charge on any atom is 0.0936 e. The standard InChI is InChI=1S/C15H20N2O/c1-10-8-9-13-6-5-7-14(15(13)16-10)17-11(2)12(3)18-4/h5-9,11-12,17H,1-4H3. The first-order valence-corrected chi connectivity index (χ1v) is 6.27. The van der Waals surface area contributed by atoms with Gasteiger partial charge in [-0.05, 0) is 32.9 Å². The van der Waals surface area contributed by atoms with Gasteiger partial charge in [-0.2, -0.15) is 0 Å². The Kier molecular flexibility index (Phi) is 3.82. The van der Waals surface area contributed by atoms with Crippen LogP contribution in [0.25, 0.3) is 10.9 Å². The van der Waals surface area contributed by atoms with Crippen molar-refractivity contribution >= 4 is 16.6 Å². The smallest absolute Gasteiger partial charge is 0.0936 e. The Bertz CT molecular complexity index is 539. The summed E-state index contributed by atoms with van der Waals surface area (Å²) in [5.74, 6) is 0. The maximum absolute atomic E-state index is 5.34. The number of anilines is 1. The van der Waals surface area contributed by atoms with E-state index in [1.807, 2.05) is 19.1 Å². The van der Waals surface area contributed by atoms with E-state index in [2.05, 4.69) is 42.3 Å². The third-order valence-electron chi connectivity index (χ3n) is 3.32. The van der Waals surface area contributed by atoms with Crippen LogP contribution in [0.2, 0.25) is 0 Å². The first kappa shape index (κ1) is 12.8. The maximum atomic E-state index is 5.34. The van der Waals surface area contributed by atoms with Gasteiger partial charge in [-0.25, -0.2) is 0 Å². The van der Waals surface area contributed by atoms with Gasteiger partial charge in [-0.1, -0.05) is 18.2 Å². The van der Waals surface area contributed by atoms with Gasteiger partial charge in [-0.3, -0.25) is 4.98 Å². The molecular weight excluding hydrogens is 224 g/mol. The number of para-hydroxylation sites is 1. The average molecular weight is 244 g/mol. The molecule has 2 aromatic rings. The molecule has 3 nitrogen and oxygen atoms in total. The fraction of sp³-hybridized carbons (Fsp3) is 0.400. The van der Waals surface area contributed by atoms with Gasteiger partial charge in [0.25, 0.3) is 0 Å². The molecule has 2 unspecified atom stereocenters. The Morgan fingerprint density at radius 3 is 2.67 bits per heavy atom.